The van der Waals surface area contributed by atoms with Gasteiger partial charge >= 0.3 is 0 Å². The van der Waals surface area contributed by atoms with Crippen LogP contribution in [0.5, 0.6) is 0 Å². The summed E-state index contributed by atoms with van der Waals surface area (Å²) in [5.41, 5.74) is 5.12. The molecule has 1 radical (unpaired) electrons. The summed E-state index contributed by atoms with van der Waals surface area (Å²) in [5, 5.41) is 16.5. The summed E-state index contributed by atoms with van der Waals surface area (Å²) in [4.78, 5) is 16.9. The largest absolute Gasteiger partial charge is 0.512 e. The van der Waals surface area contributed by atoms with E-state index in [0.29, 0.717) is 0 Å². The monoisotopic (exact) mass is 829 g/mol. The van der Waals surface area contributed by atoms with Gasteiger partial charge in [-0.1, -0.05) is 73.4 Å². The minimum absolute atomic E-state index is 0. The second kappa shape index (κ2) is 14.1. The first-order valence-electron chi connectivity index (χ1n) is 16.4. The molecule has 4 aromatic heterocycles. The van der Waals surface area contributed by atoms with Gasteiger partial charge in [-0.25, -0.2) is 0 Å². The number of hydrogen-bond acceptors (Lipinski definition) is 6. The Kier molecular flexibility index (Phi) is 11.0. The zero-order valence-corrected chi connectivity index (χ0v) is 32.2. The van der Waals surface area contributed by atoms with Crippen molar-refractivity contribution in [2.24, 2.45) is 10.8 Å². The van der Waals surface area contributed by atoms with Gasteiger partial charge in [-0.2, -0.15) is 11.3 Å². The Hall–Kier alpha value is -3.25. The third-order valence-corrected chi connectivity index (χ3v) is 11.0. The number of thiophene rings is 1. The number of pyridine rings is 1. The van der Waals surface area contributed by atoms with Gasteiger partial charge in [0, 0.05) is 71.1 Å². The van der Waals surface area contributed by atoms with E-state index in [0.717, 1.165) is 75.2 Å². The van der Waals surface area contributed by atoms with E-state index in [2.05, 4.69) is 50.4 Å². The maximum atomic E-state index is 12.2. The summed E-state index contributed by atoms with van der Waals surface area (Å²) >= 11 is 1.77. The number of hydrogen-bond donors (Lipinski definition) is 1. The van der Waals surface area contributed by atoms with E-state index in [-0.39, 0.29) is 47.9 Å². The first-order valence-corrected chi connectivity index (χ1v) is 17.2. The summed E-state index contributed by atoms with van der Waals surface area (Å²) in [6, 6.07) is 16.0. The SMILES string of the molecule is CC(C)(C)c1cc(-c2nccc3oc4cc5occc5cc4c23)[c-]c2ccsc12.CCC(C)(CC)C(=O)/C=C(\O)C(C)(CC)CC.[Ir]. The number of aromatic nitrogens is 1. The van der Waals surface area contributed by atoms with E-state index >= 15 is 0 Å². The van der Waals surface area contributed by atoms with Crippen LogP contribution >= 0.6 is 11.3 Å². The number of furan rings is 2. The Bertz CT molecular complexity index is 2050. The molecule has 0 saturated carbocycles. The number of carbonyl (C=O) groups excluding carboxylic acids is 1. The van der Waals surface area contributed by atoms with Crippen molar-refractivity contribution in [3.8, 4) is 11.3 Å². The number of allylic oxidation sites excluding steroid dienone is 2. The van der Waals surface area contributed by atoms with Gasteiger partial charge < -0.3 is 13.9 Å². The van der Waals surface area contributed by atoms with Crippen LogP contribution in [0.1, 0.15) is 93.6 Å². The molecule has 5 nitrogen and oxygen atoms in total. The number of fused-ring (bicyclic) bond motifs is 5. The molecule has 251 valence electrons. The number of benzene rings is 2. The third kappa shape index (κ3) is 6.99. The van der Waals surface area contributed by atoms with Crippen LogP contribution < -0.4 is 0 Å². The van der Waals surface area contributed by atoms with Crippen LogP contribution in [0.3, 0.4) is 0 Å². The number of aliphatic hydroxyl groups excluding tert-OH is 1. The molecule has 0 aliphatic carbocycles. The van der Waals surface area contributed by atoms with Gasteiger partial charge in [-0.3, -0.25) is 9.78 Å². The molecule has 0 aliphatic rings. The number of aliphatic hydroxyl groups is 1. The van der Waals surface area contributed by atoms with E-state index < -0.39 is 0 Å². The smallest absolute Gasteiger partial charge is 0.164 e. The summed E-state index contributed by atoms with van der Waals surface area (Å²) in [7, 11) is 0. The molecule has 2 aromatic carbocycles. The Morgan fingerprint density at radius 2 is 1.60 bits per heavy atom. The standard InChI is InChI=1S/C25H18NO2S.C15H28O2.Ir/c1-25(2,3)18-12-16(10-15-6-9-29-24(15)18)23-22-17-11-14-5-8-27-20(14)13-21(17)28-19(22)4-7-26-23;1-7-14(5,8-2)12(16)11-13(17)15(6,9-3)10-4;/h4-9,11-13H,1-3H3;11,16H,7-10H2,1-6H3;/q-1;;/b;12-11-;. The molecule has 7 heteroatoms. The van der Waals surface area contributed by atoms with Gasteiger partial charge in [0.2, 0.25) is 0 Å². The van der Waals surface area contributed by atoms with Crippen LogP contribution in [0.2, 0.25) is 0 Å². The van der Waals surface area contributed by atoms with E-state index in [1.54, 1.807) is 17.6 Å². The Morgan fingerprint density at radius 1 is 0.915 bits per heavy atom. The fraction of sp³-hybridized carbons (Fsp3) is 0.400. The summed E-state index contributed by atoms with van der Waals surface area (Å²) in [5.74, 6) is 0.286. The second-order valence-corrected chi connectivity index (χ2v) is 14.8. The van der Waals surface area contributed by atoms with Crippen molar-refractivity contribution in [2.45, 2.75) is 93.4 Å². The molecule has 0 fully saturated rings. The van der Waals surface area contributed by atoms with Crippen LogP contribution in [0.4, 0.5) is 0 Å². The molecule has 47 heavy (non-hydrogen) atoms. The van der Waals surface area contributed by atoms with Crippen LogP contribution in [0.25, 0.3) is 54.3 Å². The Morgan fingerprint density at radius 3 is 2.23 bits per heavy atom. The number of carbonyl (C=O) groups is 1. The number of ketones is 1. The number of rotatable bonds is 8. The van der Waals surface area contributed by atoms with Crippen molar-refractivity contribution in [1.29, 1.82) is 0 Å². The van der Waals surface area contributed by atoms with Gasteiger partial charge in [-0.05, 0) is 59.4 Å². The topological polar surface area (TPSA) is 76.5 Å². The van der Waals surface area contributed by atoms with Gasteiger partial charge in [0.05, 0.1) is 6.26 Å². The van der Waals surface area contributed by atoms with E-state index in [4.69, 9.17) is 13.8 Å². The molecule has 0 saturated heterocycles. The van der Waals surface area contributed by atoms with E-state index in [9.17, 15) is 9.90 Å². The molecule has 0 atom stereocenters. The molecule has 0 aliphatic heterocycles. The van der Waals surface area contributed by atoms with Crippen molar-refractivity contribution in [1.82, 2.24) is 4.98 Å². The van der Waals surface area contributed by atoms with Crippen molar-refractivity contribution >= 4 is 60.1 Å². The quantitative estimate of drug-likeness (QED) is 0.0939. The normalized spacial score (nSPS) is 12.8. The molecule has 4 heterocycles. The number of nitrogens with zero attached hydrogens (tertiary/aromatic N) is 1. The minimum atomic E-state index is -0.337. The van der Waals surface area contributed by atoms with Crippen molar-refractivity contribution in [3.05, 3.63) is 77.7 Å². The van der Waals surface area contributed by atoms with Gasteiger partial charge in [-0.15, -0.1) is 23.6 Å². The molecule has 6 aromatic rings. The molecule has 0 spiro atoms. The zero-order valence-electron chi connectivity index (χ0n) is 29.0. The van der Waals surface area contributed by atoms with Gasteiger partial charge in [0.15, 0.2) is 5.78 Å². The van der Waals surface area contributed by atoms with Crippen LogP contribution in [0.15, 0.2) is 74.9 Å². The van der Waals surface area contributed by atoms with Crippen molar-refractivity contribution in [3.63, 3.8) is 0 Å². The van der Waals surface area contributed by atoms with E-state index in [1.807, 2.05) is 65.9 Å². The molecule has 6 rings (SSSR count). The Labute approximate surface area is 295 Å². The maximum Gasteiger partial charge on any atom is 0.164 e. The van der Waals surface area contributed by atoms with Crippen LogP contribution in [0, 0.1) is 16.9 Å². The summed E-state index contributed by atoms with van der Waals surface area (Å²) in [6.45, 7) is 18.8. The Balaban J connectivity index is 0.000000242. The summed E-state index contributed by atoms with van der Waals surface area (Å²) < 4.78 is 13.0. The molecule has 1 N–H and O–H groups in total. The molecule has 0 unspecified atom stereocenters. The molecular formula is C40H46IrNO4S-. The molecule has 0 amide bonds. The van der Waals surface area contributed by atoms with Crippen molar-refractivity contribution < 1.29 is 38.8 Å². The first kappa shape index (κ1) is 36.6. The van der Waals surface area contributed by atoms with E-state index in [1.165, 1.54) is 16.3 Å². The predicted octanol–water partition coefficient (Wildman–Crippen LogP) is 12.4. The average Bonchev–Trinajstić information content (AvgIpc) is 3.80. The van der Waals surface area contributed by atoms with Crippen LogP contribution in [-0.4, -0.2) is 15.9 Å². The summed E-state index contributed by atoms with van der Waals surface area (Å²) in [6.07, 6.45) is 8.27. The maximum absolute atomic E-state index is 12.2. The minimum Gasteiger partial charge on any atom is -0.512 e. The fourth-order valence-electron chi connectivity index (χ4n) is 5.76. The molecule has 0 bridgehead atoms. The second-order valence-electron chi connectivity index (χ2n) is 13.9. The molecular weight excluding hydrogens is 783 g/mol. The average molecular weight is 829 g/mol. The third-order valence-electron chi connectivity index (χ3n) is 10.1. The van der Waals surface area contributed by atoms with Gasteiger partial charge in [0.25, 0.3) is 0 Å². The zero-order chi connectivity index (χ0) is 33.4. The van der Waals surface area contributed by atoms with Gasteiger partial charge in [0.1, 0.15) is 22.5 Å². The fourth-order valence-corrected chi connectivity index (χ4v) is 6.84. The van der Waals surface area contributed by atoms with Crippen molar-refractivity contribution in [2.75, 3.05) is 0 Å². The first-order chi connectivity index (χ1) is 21.8. The predicted molar refractivity (Wildman–Crippen MR) is 193 cm³/mol. The van der Waals surface area contributed by atoms with Crippen LogP contribution in [-0.2, 0) is 30.3 Å².